The highest BCUT2D eigenvalue weighted by Gasteiger charge is 2.42. The van der Waals surface area contributed by atoms with Crippen LogP contribution in [0.1, 0.15) is 0 Å². The van der Waals surface area contributed by atoms with E-state index in [-0.39, 0.29) is 6.71 Å². The molecule has 9 heteroatoms. The quantitative estimate of drug-likeness (QED) is 0.128. The van der Waals surface area contributed by atoms with Crippen molar-refractivity contribution in [2.24, 2.45) is 0 Å². The van der Waals surface area contributed by atoms with Crippen LogP contribution < -0.4 is 16.4 Å². The Kier molecular flexibility index (Phi) is 12.3. The predicted octanol–water partition coefficient (Wildman–Crippen LogP) is 20.1. The Morgan fingerprint density at radius 1 is 0.210 bits per heavy atom. The van der Waals surface area contributed by atoms with Crippen molar-refractivity contribution in [2.75, 3.05) is 0 Å². The van der Waals surface area contributed by atoms with Gasteiger partial charge in [-0.05, 0) is 129 Å². The zero-order chi connectivity index (χ0) is 65.5. The van der Waals surface area contributed by atoms with Crippen LogP contribution in [0, 0.1) is 0 Å². The first-order valence-electron chi connectivity index (χ1n) is 34.1. The molecule has 5 aromatic heterocycles. The summed E-state index contributed by atoms with van der Waals surface area (Å²) in [5, 5.41) is 7.21. The summed E-state index contributed by atoms with van der Waals surface area (Å²) in [4.78, 5) is 26.8. The van der Waals surface area contributed by atoms with E-state index in [0.29, 0.717) is 23.3 Å². The second-order valence-corrected chi connectivity index (χ2v) is 26.3. The van der Waals surface area contributed by atoms with E-state index in [9.17, 15) is 0 Å². The Morgan fingerprint density at radius 3 is 1.07 bits per heavy atom. The Labute approximate surface area is 575 Å². The first-order chi connectivity index (χ1) is 49.6. The predicted molar refractivity (Wildman–Crippen MR) is 412 cm³/mol. The summed E-state index contributed by atoms with van der Waals surface area (Å²) >= 11 is 0. The molecule has 0 N–H and O–H groups in total. The molecule has 0 atom stereocenters. The third kappa shape index (κ3) is 8.65. The van der Waals surface area contributed by atoms with Crippen LogP contribution >= 0.6 is 0 Å². The van der Waals surface area contributed by atoms with Crippen LogP contribution in [-0.2, 0) is 0 Å². The molecule has 0 spiro atoms. The molecule has 100 heavy (non-hydrogen) atoms. The Hall–Kier alpha value is -13.4. The average Bonchev–Trinajstić information content (AvgIpc) is 1.20. The van der Waals surface area contributed by atoms with Crippen LogP contribution in [0.3, 0.4) is 0 Å². The molecule has 0 aliphatic carbocycles. The van der Waals surface area contributed by atoms with Crippen LogP contribution in [-0.4, -0.2) is 45.3 Å². The van der Waals surface area contributed by atoms with Crippen molar-refractivity contribution in [3.63, 3.8) is 0 Å². The molecule has 14 aromatic carbocycles. The van der Waals surface area contributed by atoms with Crippen molar-refractivity contribution in [2.45, 2.75) is 0 Å². The summed E-state index contributed by atoms with van der Waals surface area (Å²) in [5.41, 5.74) is 28.3. The Balaban J connectivity index is 0.814. The van der Waals surface area contributed by atoms with Gasteiger partial charge in [-0.15, -0.1) is 0 Å². The average molecular weight is 1270 g/mol. The minimum Gasteiger partial charge on any atom is -0.310 e. The standard InChI is InChI=1S/C91H55BN8/c1-7-25-56(26-8-1)64-49-71-68-38-20-23-41-79(68)99-83-53-66(54-84-85(83)92(74(51-64)86(71)99)75-52-65(57-27-9-2-10-28-57)50-72-69-39-21-24-42-80(69)100(84)87(72)75)62-43-45-81-70(47-62)67-37-19-22-40-78(67)98(81)82-46-44-63(90-93-76(58-29-11-3-12-30-58)55-77(94-90)59-31-13-4-14-32-59)48-73(82)91-96-88(60-33-15-5-16-34-60)95-89(97-91)61-35-17-6-18-36-61/h1-55H. The largest absolute Gasteiger partial charge is 0.310 e. The maximum atomic E-state index is 5.45. The lowest BCUT2D eigenvalue weighted by Gasteiger charge is -2.34. The number of para-hydroxylation sites is 3. The normalized spacial score (nSPS) is 12.2. The molecule has 19 aromatic rings. The molecule has 462 valence electrons. The van der Waals surface area contributed by atoms with Crippen LogP contribution in [0.4, 0.5) is 0 Å². The van der Waals surface area contributed by atoms with Gasteiger partial charge in [0.2, 0.25) is 0 Å². The van der Waals surface area contributed by atoms with Gasteiger partial charge in [0.25, 0.3) is 6.71 Å². The van der Waals surface area contributed by atoms with Crippen LogP contribution in [0.25, 0.3) is 184 Å². The topological polar surface area (TPSA) is 79.2 Å². The molecule has 8 nitrogen and oxygen atoms in total. The first kappa shape index (κ1) is 55.9. The van der Waals surface area contributed by atoms with Gasteiger partial charge >= 0.3 is 0 Å². The first-order valence-corrected chi connectivity index (χ1v) is 34.1. The van der Waals surface area contributed by atoms with Gasteiger partial charge in [-0.1, -0.05) is 255 Å². The number of rotatable bonds is 10. The van der Waals surface area contributed by atoms with Gasteiger partial charge in [-0.25, -0.2) is 24.9 Å². The van der Waals surface area contributed by atoms with Crippen LogP contribution in [0.5, 0.6) is 0 Å². The summed E-state index contributed by atoms with van der Waals surface area (Å²) in [7, 11) is 0. The second kappa shape index (κ2) is 22.1. The van der Waals surface area contributed by atoms with Crippen molar-refractivity contribution in [1.82, 2.24) is 38.6 Å². The van der Waals surface area contributed by atoms with Crippen molar-refractivity contribution in [3.05, 3.63) is 334 Å². The number of nitrogens with zero attached hydrogens (tertiary/aromatic N) is 8. The third-order valence-electron chi connectivity index (χ3n) is 20.6. The van der Waals surface area contributed by atoms with E-state index in [4.69, 9.17) is 24.9 Å². The summed E-state index contributed by atoms with van der Waals surface area (Å²) in [6.07, 6.45) is 0. The second-order valence-electron chi connectivity index (χ2n) is 26.3. The number of aromatic nitrogens is 8. The van der Waals surface area contributed by atoms with Gasteiger partial charge in [0.05, 0.1) is 39.1 Å². The fourth-order valence-corrected chi connectivity index (χ4v) is 16.2. The van der Waals surface area contributed by atoms with Gasteiger partial charge in [-0.2, -0.15) is 0 Å². The molecule has 0 unspecified atom stereocenters. The van der Waals surface area contributed by atoms with E-state index in [0.717, 1.165) is 83.4 Å². The molecule has 0 radical (unpaired) electrons. The molecule has 0 amide bonds. The van der Waals surface area contributed by atoms with E-state index in [2.05, 4.69) is 299 Å². The third-order valence-corrected chi connectivity index (χ3v) is 20.6. The van der Waals surface area contributed by atoms with Gasteiger partial charge in [0.1, 0.15) is 0 Å². The zero-order valence-corrected chi connectivity index (χ0v) is 53.9. The summed E-state index contributed by atoms with van der Waals surface area (Å²) in [6.45, 7) is -0.0896. The lowest BCUT2D eigenvalue weighted by molar-refractivity contribution is 1.06. The van der Waals surface area contributed by atoms with E-state index < -0.39 is 0 Å². The maximum Gasteiger partial charge on any atom is 0.252 e. The number of fused-ring (bicyclic) bond motifs is 13. The highest BCUT2D eigenvalue weighted by molar-refractivity contribution is 7.00. The number of benzene rings is 14. The monoisotopic (exact) mass is 1270 g/mol. The highest BCUT2D eigenvalue weighted by Crippen LogP contribution is 2.46. The zero-order valence-electron chi connectivity index (χ0n) is 53.9. The van der Waals surface area contributed by atoms with Gasteiger partial charge < -0.3 is 13.7 Å². The summed E-state index contributed by atoms with van der Waals surface area (Å²) in [5.74, 6) is 2.24. The summed E-state index contributed by atoms with van der Waals surface area (Å²) < 4.78 is 7.58. The van der Waals surface area contributed by atoms with Crippen molar-refractivity contribution in [1.29, 1.82) is 0 Å². The molecule has 2 aliphatic heterocycles. The van der Waals surface area contributed by atoms with Crippen molar-refractivity contribution < 1.29 is 0 Å². The number of hydrogen-bond acceptors (Lipinski definition) is 5. The fraction of sp³-hybridized carbons (Fsp3) is 0. The molecule has 2 aliphatic rings. The molecular weight excluding hydrogens is 1220 g/mol. The maximum absolute atomic E-state index is 5.45. The minimum absolute atomic E-state index is 0.0896. The van der Waals surface area contributed by atoms with Crippen LogP contribution in [0.2, 0.25) is 0 Å². The van der Waals surface area contributed by atoms with E-state index in [1.54, 1.807) is 0 Å². The molecule has 21 rings (SSSR count). The van der Waals surface area contributed by atoms with Crippen molar-refractivity contribution >= 4 is 88.5 Å². The highest BCUT2D eigenvalue weighted by atomic mass is 15.1. The molecular formula is C91H55BN8. The summed E-state index contributed by atoms with van der Waals surface area (Å²) in [6, 6.07) is 120. The lowest BCUT2D eigenvalue weighted by Crippen LogP contribution is -2.59. The number of hydrogen-bond donors (Lipinski definition) is 0. The Bertz CT molecular complexity index is 6260. The molecule has 0 saturated heterocycles. The SMILES string of the molecule is c1ccc(-c2cc3c4c(c2)c2ccccc2n4-c2cc(-c4ccc5c(c4)c4ccccc4n5-c4ccc(-c5nc(-c6ccccc6)cc(-c6ccccc6)n5)cc4-c4nc(-c5ccccc5)nc(-c5ccccc5)n4)cc4c2B3c2cc(-c3ccccc3)cc3c5ccccc5n-4c23)cc1. The van der Waals surface area contributed by atoms with E-state index in [1.807, 2.05) is 48.5 Å². The smallest absolute Gasteiger partial charge is 0.252 e. The molecule has 0 saturated carbocycles. The van der Waals surface area contributed by atoms with Gasteiger partial charge in [0.15, 0.2) is 23.3 Å². The fourth-order valence-electron chi connectivity index (χ4n) is 16.2. The van der Waals surface area contributed by atoms with Crippen molar-refractivity contribution in [3.8, 4) is 119 Å². The van der Waals surface area contributed by atoms with Gasteiger partial charge in [0, 0.05) is 88.1 Å². The van der Waals surface area contributed by atoms with Gasteiger partial charge in [-0.3, -0.25) is 0 Å². The van der Waals surface area contributed by atoms with Crippen LogP contribution in [0.15, 0.2) is 334 Å². The van der Waals surface area contributed by atoms with E-state index in [1.165, 1.54) is 93.6 Å². The molecule has 0 fully saturated rings. The molecule has 7 heterocycles. The minimum atomic E-state index is -0.0896. The lowest BCUT2D eigenvalue weighted by atomic mass is 9.34. The Morgan fingerprint density at radius 2 is 0.580 bits per heavy atom. The molecule has 0 bridgehead atoms. The van der Waals surface area contributed by atoms with E-state index >= 15 is 0 Å².